The Morgan fingerprint density at radius 1 is 1.09 bits per heavy atom. The Hall–Kier alpha value is -2.08. The van der Waals surface area contributed by atoms with Gasteiger partial charge in [-0.05, 0) is 17.7 Å². The van der Waals surface area contributed by atoms with Crippen LogP contribution in [0.25, 0.3) is 0 Å². The maximum atomic E-state index is 12.1. The minimum absolute atomic E-state index is 0.381. The lowest BCUT2D eigenvalue weighted by molar-refractivity contribution is -0.137. The molecule has 22 heavy (non-hydrogen) atoms. The number of carbonyl (C=O) groups excluding carboxylic acids is 2. The average Bonchev–Trinajstić information content (AvgIpc) is 2.52. The summed E-state index contributed by atoms with van der Waals surface area (Å²) in [6.45, 7) is 0. The van der Waals surface area contributed by atoms with E-state index in [9.17, 15) is 9.59 Å². The van der Waals surface area contributed by atoms with Gasteiger partial charge in [0.15, 0.2) is 0 Å². The number of ether oxygens (including phenoxy) is 2. The summed E-state index contributed by atoms with van der Waals surface area (Å²) in [5.41, 5.74) is 1.56. The summed E-state index contributed by atoms with van der Waals surface area (Å²) in [5, 5.41) is 0. The van der Waals surface area contributed by atoms with Crippen LogP contribution in [0.3, 0.4) is 0 Å². The topological polar surface area (TPSA) is 55.8 Å². The van der Waals surface area contributed by atoms with E-state index in [4.69, 9.17) is 9.47 Å². The molecular weight excluding hydrogens is 350 g/mol. The summed E-state index contributed by atoms with van der Waals surface area (Å²) in [4.78, 5) is 25.9. The molecule has 0 aliphatic carbocycles. The molecule has 0 spiro atoms. The van der Waals surface area contributed by atoms with Crippen molar-refractivity contribution >= 4 is 27.9 Å². The molecule has 6 heteroatoms. The van der Waals surface area contributed by atoms with Gasteiger partial charge in [0.05, 0.1) is 31.3 Å². The summed E-state index contributed by atoms with van der Waals surface area (Å²) < 4.78 is 10.6. The molecule has 0 atom stereocenters. The third kappa shape index (κ3) is 3.22. The fourth-order valence-electron chi connectivity index (χ4n) is 2.41. The van der Waals surface area contributed by atoms with Gasteiger partial charge in [0.2, 0.25) is 0 Å². The molecule has 0 saturated heterocycles. The second-order valence-corrected chi connectivity index (χ2v) is 5.72. The Morgan fingerprint density at radius 2 is 1.64 bits per heavy atom. The zero-order chi connectivity index (χ0) is 16.3. The third-order valence-electron chi connectivity index (χ3n) is 3.33. The van der Waals surface area contributed by atoms with Crippen LogP contribution < -0.4 is 0 Å². The molecule has 0 saturated carbocycles. The van der Waals surface area contributed by atoms with Gasteiger partial charge in [0, 0.05) is 23.9 Å². The average molecular weight is 366 g/mol. The third-order valence-corrected chi connectivity index (χ3v) is 3.82. The van der Waals surface area contributed by atoms with E-state index in [1.54, 1.807) is 24.3 Å². The summed E-state index contributed by atoms with van der Waals surface area (Å²) in [6, 6.07) is 7.45. The van der Waals surface area contributed by atoms with Gasteiger partial charge in [-0.3, -0.25) is 0 Å². The van der Waals surface area contributed by atoms with Crippen LogP contribution in [0.1, 0.15) is 11.5 Å². The smallest absolute Gasteiger partial charge is 0.336 e. The van der Waals surface area contributed by atoms with Crippen LogP contribution in [0.4, 0.5) is 0 Å². The highest BCUT2D eigenvalue weighted by Crippen LogP contribution is 2.37. The second-order valence-electron chi connectivity index (χ2n) is 4.81. The lowest BCUT2D eigenvalue weighted by Gasteiger charge is -2.28. The van der Waals surface area contributed by atoms with Gasteiger partial charge in [0.25, 0.3) is 0 Å². The Balaban J connectivity index is 2.58. The van der Waals surface area contributed by atoms with E-state index >= 15 is 0 Å². The quantitative estimate of drug-likeness (QED) is 0.770. The minimum atomic E-state index is -0.534. The van der Waals surface area contributed by atoms with Crippen LogP contribution in [0.5, 0.6) is 0 Å². The molecular formula is C16H16BrNO4. The highest BCUT2D eigenvalue weighted by molar-refractivity contribution is 9.10. The Morgan fingerprint density at radius 3 is 2.09 bits per heavy atom. The molecule has 116 valence electrons. The Bertz CT molecular complexity index is 632. The number of hydrogen-bond donors (Lipinski definition) is 0. The molecule has 0 radical (unpaired) electrons. The lowest BCUT2D eigenvalue weighted by atomic mass is 9.83. The summed E-state index contributed by atoms with van der Waals surface area (Å²) >= 11 is 3.41. The largest absolute Gasteiger partial charge is 0.466 e. The lowest BCUT2D eigenvalue weighted by Crippen LogP contribution is -2.27. The summed E-state index contributed by atoms with van der Waals surface area (Å²) in [5.74, 6) is -1.49. The maximum absolute atomic E-state index is 12.1. The Labute approximate surface area is 137 Å². The van der Waals surface area contributed by atoms with E-state index < -0.39 is 17.9 Å². The van der Waals surface area contributed by atoms with Crippen molar-refractivity contribution in [2.75, 3.05) is 21.3 Å². The van der Waals surface area contributed by atoms with Crippen molar-refractivity contribution in [3.8, 4) is 0 Å². The molecule has 1 aliphatic heterocycles. The molecule has 0 fully saturated rings. The van der Waals surface area contributed by atoms with Crippen LogP contribution in [0.2, 0.25) is 0 Å². The zero-order valence-corrected chi connectivity index (χ0v) is 14.1. The van der Waals surface area contributed by atoms with Crippen molar-refractivity contribution in [3.05, 3.63) is 57.8 Å². The number of hydrogen-bond acceptors (Lipinski definition) is 5. The van der Waals surface area contributed by atoms with Gasteiger partial charge < -0.3 is 14.4 Å². The first kappa shape index (κ1) is 16.3. The molecule has 1 heterocycles. The molecule has 1 aliphatic rings. The fraction of sp³-hybridized carbons (Fsp3) is 0.250. The molecule has 0 bridgehead atoms. The predicted molar refractivity (Wildman–Crippen MR) is 84.8 cm³/mol. The van der Waals surface area contributed by atoms with Gasteiger partial charge in [-0.25, -0.2) is 9.59 Å². The minimum Gasteiger partial charge on any atom is -0.466 e. The van der Waals surface area contributed by atoms with Crippen molar-refractivity contribution in [1.29, 1.82) is 0 Å². The highest BCUT2D eigenvalue weighted by atomic mass is 79.9. The first-order valence-corrected chi connectivity index (χ1v) is 7.34. The number of benzene rings is 1. The molecule has 0 amide bonds. The molecule has 2 rings (SSSR count). The molecule has 0 aromatic heterocycles. The van der Waals surface area contributed by atoms with Crippen LogP contribution in [0, 0.1) is 0 Å². The summed E-state index contributed by atoms with van der Waals surface area (Å²) in [7, 11) is 4.37. The number of esters is 2. The number of halogens is 1. The molecule has 1 aromatic carbocycles. The molecule has 0 unspecified atom stereocenters. The van der Waals surface area contributed by atoms with Crippen molar-refractivity contribution in [1.82, 2.24) is 4.90 Å². The maximum Gasteiger partial charge on any atom is 0.336 e. The van der Waals surface area contributed by atoms with Crippen LogP contribution in [-0.4, -0.2) is 38.1 Å². The second kappa shape index (κ2) is 6.79. The van der Waals surface area contributed by atoms with Crippen LogP contribution in [-0.2, 0) is 19.1 Å². The molecule has 1 aromatic rings. The van der Waals surface area contributed by atoms with E-state index in [1.165, 1.54) is 14.2 Å². The standard InChI is InChI=1S/C16H16BrNO4/c1-18-8-12(15(19)21-2)14(13(9-18)16(20)22-3)10-5-4-6-11(17)7-10/h4-9,14H,1-3H3. The molecule has 5 nitrogen and oxygen atoms in total. The SMILES string of the molecule is COC(=O)C1=CN(C)C=C(C(=O)OC)C1c1cccc(Br)c1. The van der Waals surface area contributed by atoms with Gasteiger partial charge in [-0.1, -0.05) is 28.1 Å². The van der Waals surface area contributed by atoms with Crippen molar-refractivity contribution < 1.29 is 19.1 Å². The van der Waals surface area contributed by atoms with Gasteiger partial charge in [-0.2, -0.15) is 0 Å². The number of carbonyl (C=O) groups is 2. The summed E-state index contributed by atoms with van der Waals surface area (Å²) in [6.07, 6.45) is 3.31. The first-order valence-electron chi connectivity index (χ1n) is 6.55. The van der Waals surface area contributed by atoms with Crippen molar-refractivity contribution in [2.45, 2.75) is 5.92 Å². The monoisotopic (exact) mass is 365 g/mol. The van der Waals surface area contributed by atoms with E-state index in [0.717, 1.165) is 10.0 Å². The van der Waals surface area contributed by atoms with E-state index in [1.807, 2.05) is 24.3 Å². The fourth-order valence-corrected chi connectivity index (χ4v) is 2.83. The Kier molecular flexibility index (Phi) is 5.03. The van der Waals surface area contributed by atoms with Crippen LogP contribution >= 0.6 is 15.9 Å². The number of rotatable bonds is 3. The zero-order valence-electron chi connectivity index (χ0n) is 12.5. The van der Waals surface area contributed by atoms with E-state index in [0.29, 0.717) is 11.1 Å². The van der Waals surface area contributed by atoms with E-state index in [2.05, 4.69) is 15.9 Å². The number of methoxy groups -OCH3 is 2. The first-order chi connectivity index (χ1) is 10.5. The van der Waals surface area contributed by atoms with Gasteiger partial charge in [-0.15, -0.1) is 0 Å². The highest BCUT2D eigenvalue weighted by Gasteiger charge is 2.34. The van der Waals surface area contributed by atoms with Gasteiger partial charge in [0.1, 0.15) is 0 Å². The van der Waals surface area contributed by atoms with Crippen molar-refractivity contribution in [3.63, 3.8) is 0 Å². The molecule has 0 N–H and O–H groups in total. The van der Waals surface area contributed by atoms with Gasteiger partial charge >= 0.3 is 11.9 Å². The normalized spacial score (nSPS) is 15.0. The van der Waals surface area contributed by atoms with E-state index in [-0.39, 0.29) is 0 Å². The van der Waals surface area contributed by atoms with Crippen molar-refractivity contribution in [2.24, 2.45) is 0 Å². The van der Waals surface area contributed by atoms with Crippen LogP contribution in [0.15, 0.2) is 52.3 Å². The number of nitrogens with zero attached hydrogens (tertiary/aromatic N) is 1. The predicted octanol–water partition coefficient (Wildman–Crippen LogP) is 2.59.